The van der Waals surface area contributed by atoms with Crippen LogP contribution in [-0.2, 0) is 0 Å². The van der Waals surface area contributed by atoms with Crippen LogP contribution in [0.2, 0.25) is 0 Å². The lowest BCUT2D eigenvalue weighted by molar-refractivity contribution is 0.0297. The highest BCUT2D eigenvalue weighted by atomic mass is 16.3. The maximum absolute atomic E-state index is 9.65. The van der Waals surface area contributed by atoms with Gasteiger partial charge in [-0.25, -0.2) is 0 Å². The Bertz CT molecular complexity index is 255. The largest absolute Gasteiger partial charge is 0.396 e. The smallest absolute Gasteiger partial charge is 0.0497 e. The highest BCUT2D eigenvalue weighted by molar-refractivity contribution is 4.86. The first-order valence-corrected chi connectivity index (χ1v) is 8.00. The summed E-state index contributed by atoms with van der Waals surface area (Å²) in [5.41, 5.74) is 0.121. The van der Waals surface area contributed by atoms with E-state index < -0.39 is 0 Å². The molecule has 1 aliphatic carbocycles. The van der Waals surface area contributed by atoms with Gasteiger partial charge in [0, 0.05) is 25.1 Å². The van der Waals surface area contributed by atoms with Crippen molar-refractivity contribution in [2.24, 2.45) is 17.3 Å². The number of piperidine rings is 1. The maximum Gasteiger partial charge on any atom is 0.0497 e. The van der Waals surface area contributed by atoms with Crippen molar-refractivity contribution in [2.75, 3.05) is 26.2 Å². The molecule has 0 aromatic carbocycles. The first-order chi connectivity index (χ1) is 8.67. The van der Waals surface area contributed by atoms with Gasteiger partial charge in [-0.1, -0.05) is 39.5 Å². The third-order valence-corrected chi connectivity index (χ3v) is 5.22. The Hall–Kier alpha value is -0.0800. The Kier molecular flexibility index (Phi) is 5.08. The summed E-state index contributed by atoms with van der Waals surface area (Å²) in [5.74, 6) is 1.97. The van der Waals surface area contributed by atoms with Gasteiger partial charge >= 0.3 is 0 Å². The van der Waals surface area contributed by atoms with Crippen molar-refractivity contribution in [3.63, 3.8) is 0 Å². The van der Waals surface area contributed by atoms with E-state index in [4.69, 9.17) is 0 Å². The van der Waals surface area contributed by atoms with Crippen LogP contribution in [0.25, 0.3) is 0 Å². The number of aliphatic hydroxyl groups is 1. The van der Waals surface area contributed by atoms with Crippen LogP contribution >= 0.6 is 0 Å². The van der Waals surface area contributed by atoms with Gasteiger partial charge in [-0.2, -0.15) is 0 Å². The Balaban J connectivity index is 1.86. The van der Waals surface area contributed by atoms with Gasteiger partial charge in [-0.05, 0) is 37.6 Å². The van der Waals surface area contributed by atoms with Crippen molar-refractivity contribution in [3.8, 4) is 0 Å². The fraction of sp³-hybridized carbons (Fsp3) is 1.00. The van der Waals surface area contributed by atoms with Crippen LogP contribution in [-0.4, -0.2) is 36.2 Å². The number of hydrogen-bond donors (Lipinski definition) is 1. The second kappa shape index (κ2) is 6.38. The Labute approximate surface area is 113 Å². The number of hydrogen-bond acceptors (Lipinski definition) is 2. The first-order valence-electron chi connectivity index (χ1n) is 8.00. The summed E-state index contributed by atoms with van der Waals surface area (Å²) in [6.45, 7) is 8.47. The molecule has 1 aliphatic heterocycles. The summed E-state index contributed by atoms with van der Waals surface area (Å²) in [5, 5.41) is 9.65. The van der Waals surface area contributed by atoms with Crippen LogP contribution in [0.5, 0.6) is 0 Å². The van der Waals surface area contributed by atoms with E-state index in [-0.39, 0.29) is 5.41 Å². The van der Waals surface area contributed by atoms with Gasteiger partial charge in [-0.15, -0.1) is 0 Å². The van der Waals surface area contributed by atoms with Gasteiger partial charge in [0.2, 0.25) is 0 Å². The summed E-state index contributed by atoms with van der Waals surface area (Å²) in [6.07, 6.45) is 9.56. The second-order valence-corrected chi connectivity index (χ2v) is 7.05. The summed E-state index contributed by atoms with van der Waals surface area (Å²) in [6, 6.07) is 0. The molecule has 0 aromatic heterocycles. The van der Waals surface area contributed by atoms with Crippen LogP contribution in [0.4, 0.5) is 0 Å². The average molecular weight is 253 g/mol. The van der Waals surface area contributed by atoms with Crippen LogP contribution < -0.4 is 0 Å². The van der Waals surface area contributed by atoms with Gasteiger partial charge in [0.1, 0.15) is 0 Å². The Morgan fingerprint density at radius 3 is 2.56 bits per heavy atom. The molecule has 0 radical (unpaired) electrons. The standard InChI is InChI=1S/C16H31NO/c1-3-9-16(2,13-18)12-17-10-8-14-6-4-5-7-15(14)11-17/h14-15,18H,3-13H2,1-2H3. The molecule has 0 spiro atoms. The maximum atomic E-state index is 9.65. The lowest BCUT2D eigenvalue weighted by Gasteiger charge is -2.44. The van der Waals surface area contributed by atoms with Crippen molar-refractivity contribution in [2.45, 2.75) is 58.8 Å². The van der Waals surface area contributed by atoms with E-state index in [1.54, 1.807) is 0 Å². The van der Waals surface area contributed by atoms with Crippen molar-refractivity contribution < 1.29 is 5.11 Å². The SMILES string of the molecule is CCCC(C)(CO)CN1CCC2CCCCC2C1. The number of likely N-dealkylation sites (tertiary alicyclic amines) is 1. The fourth-order valence-corrected chi connectivity index (χ4v) is 4.17. The molecular formula is C16H31NO. The minimum atomic E-state index is 0.121. The molecule has 1 saturated heterocycles. The van der Waals surface area contributed by atoms with Crippen LogP contribution in [0.1, 0.15) is 58.8 Å². The molecule has 2 aliphatic rings. The predicted octanol–water partition coefficient (Wildman–Crippen LogP) is 3.30. The summed E-state index contributed by atoms with van der Waals surface area (Å²) < 4.78 is 0. The zero-order valence-corrected chi connectivity index (χ0v) is 12.3. The molecule has 1 saturated carbocycles. The molecule has 3 atom stereocenters. The summed E-state index contributed by atoms with van der Waals surface area (Å²) in [7, 11) is 0. The van der Waals surface area contributed by atoms with Crippen LogP contribution in [0, 0.1) is 17.3 Å². The number of aliphatic hydroxyl groups excluding tert-OH is 1. The van der Waals surface area contributed by atoms with Gasteiger partial charge < -0.3 is 10.0 Å². The normalized spacial score (nSPS) is 32.8. The van der Waals surface area contributed by atoms with Gasteiger partial charge in [-0.3, -0.25) is 0 Å². The quantitative estimate of drug-likeness (QED) is 0.812. The third kappa shape index (κ3) is 3.48. The van der Waals surface area contributed by atoms with Gasteiger partial charge in [0.15, 0.2) is 0 Å². The number of nitrogens with zero attached hydrogens (tertiary/aromatic N) is 1. The minimum Gasteiger partial charge on any atom is -0.396 e. The van der Waals surface area contributed by atoms with E-state index in [0.29, 0.717) is 6.61 Å². The number of fused-ring (bicyclic) bond motifs is 1. The topological polar surface area (TPSA) is 23.5 Å². The van der Waals surface area contributed by atoms with E-state index in [1.165, 1.54) is 51.6 Å². The Morgan fingerprint density at radius 1 is 1.17 bits per heavy atom. The summed E-state index contributed by atoms with van der Waals surface area (Å²) in [4.78, 5) is 2.64. The van der Waals surface area contributed by atoms with E-state index in [9.17, 15) is 5.11 Å². The van der Waals surface area contributed by atoms with Crippen molar-refractivity contribution in [3.05, 3.63) is 0 Å². The fourth-order valence-electron chi connectivity index (χ4n) is 4.17. The molecule has 1 N–H and O–H groups in total. The molecule has 2 nitrogen and oxygen atoms in total. The van der Waals surface area contributed by atoms with Crippen LogP contribution in [0.3, 0.4) is 0 Å². The van der Waals surface area contributed by atoms with Crippen molar-refractivity contribution >= 4 is 0 Å². The third-order valence-electron chi connectivity index (χ3n) is 5.22. The molecular weight excluding hydrogens is 222 g/mol. The van der Waals surface area contributed by atoms with Gasteiger partial charge in [0.25, 0.3) is 0 Å². The molecule has 2 fully saturated rings. The number of rotatable bonds is 5. The monoisotopic (exact) mass is 253 g/mol. The Morgan fingerprint density at radius 2 is 1.89 bits per heavy atom. The molecule has 2 heteroatoms. The second-order valence-electron chi connectivity index (χ2n) is 7.05. The minimum absolute atomic E-state index is 0.121. The highest BCUT2D eigenvalue weighted by Crippen LogP contribution is 2.37. The molecule has 1 heterocycles. The molecule has 3 unspecified atom stereocenters. The average Bonchev–Trinajstić information content (AvgIpc) is 2.39. The van der Waals surface area contributed by atoms with E-state index in [2.05, 4.69) is 18.7 Å². The molecule has 0 aromatic rings. The molecule has 0 amide bonds. The van der Waals surface area contributed by atoms with E-state index >= 15 is 0 Å². The van der Waals surface area contributed by atoms with E-state index in [0.717, 1.165) is 24.8 Å². The van der Waals surface area contributed by atoms with Gasteiger partial charge in [0.05, 0.1) is 0 Å². The van der Waals surface area contributed by atoms with E-state index in [1.807, 2.05) is 0 Å². The predicted molar refractivity (Wildman–Crippen MR) is 76.6 cm³/mol. The zero-order valence-electron chi connectivity index (χ0n) is 12.3. The van der Waals surface area contributed by atoms with Crippen LogP contribution in [0.15, 0.2) is 0 Å². The van der Waals surface area contributed by atoms with Crippen molar-refractivity contribution in [1.29, 1.82) is 0 Å². The lowest BCUT2D eigenvalue weighted by Crippen LogP contribution is -2.46. The first kappa shape index (κ1) is 14.3. The summed E-state index contributed by atoms with van der Waals surface area (Å²) >= 11 is 0. The van der Waals surface area contributed by atoms with Crippen molar-refractivity contribution in [1.82, 2.24) is 4.90 Å². The zero-order chi connectivity index (χ0) is 13.0. The molecule has 106 valence electrons. The molecule has 2 rings (SSSR count). The highest BCUT2D eigenvalue weighted by Gasteiger charge is 2.34. The molecule has 18 heavy (non-hydrogen) atoms. The lowest BCUT2D eigenvalue weighted by atomic mass is 9.74. The molecule has 0 bridgehead atoms.